The maximum absolute atomic E-state index is 13.1. The van der Waals surface area contributed by atoms with Crippen molar-refractivity contribution < 1.29 is 31.9 Å². The lowest BCUT2D eigenvalue weighted by molar-refractivity contribution is -0.123. The third kappa shape index (κ3) is 6.04. The van der Waals surface area contributed by atoms with Crippen LogP contribution in [-0.4, -0.2) is 32.2 Å². The molecular formula is C24H21FN2O6S. The molecule has 0 spiro atoms. The van der Waals surface area contributed by atoms with Gasteiger partial charge in [-0.1, -0.05) is 24.3 Å². The number of hydrogen-bond donors (Lipinski definition) is 2. The summed E-state index contributed by atoms with van der Waals surface area (Å²) in [4.78, 5) is 36.5. The largest absolute Gasteiger partial charge is 0.449 e. The van der Waals surface area contributed by atoms with Gasteiger partial charge in [0.05, 0.1) is 16.1 Å². The Labute approximate surface area is 195 Å². The Morgan fingerprint density at radius 2 is 1.62 bits per heavy atom. The molecule has 3 rings (SSSR count). The number of benzene rings is 3. The van der Waals surface area contributed by atoms with Crippen molar-refractivity contribution in [1.29, 1.82) is 0 Å². The van der Waals surface area contributed by atoms with E-state index in [1.807, 2.05) is 0 Å². The molecule has 0 unspecified atom stereocenters. The molecule has 3 aromatic carbocycles. The zero-order chi connectivity index (χ0) is 24.9. The predicted octanol–water partition coefficient (Wildman–Crippen LogP) is 4.01. The Bertz CT molecular complexity index is 1340. The molecule has 0 fully saturated rings. The van der Waals surface area contributed by atoms with Crippen molar-refractivity contribution in [3.8, 4) is 0 Å². The molecule has 1 amide bonds. The lowest BCUT2D eigenvalue weighted by Crippen LogP contribution is -2.30. The summed E-state index contributed by atoms with van der Waals surface area (Å²) in [5.41, 5.74) is 0.572. The fourth-order valence-electron chi connectivity index (χ4n) is 2.90. The second-order valence-electron chi connectivity index (χ2n) is 7.28. The summed E-state index contributed by atoms with van der Waals surface area (Å²) < 4.78 is 45.9. The van der Waals surface area contributed by atoms with Gasteiger partial charge in [0.25, 0.3) is 15.9 Å². The second-order valence-corrected chi connectivity index (χ2v) is 8.96. The van der Waals surface area contributed by atoms with Crippen LogP contribution in [0.1, 0.15) is 34.6 Å². The fourth-order valence-corrected chi connectivity index (χ4v) is 3.98. The number of ether oxygens (including phenoxy) is 1. The first-order valence-electron chi connectivity index (χ1n) is 10.1. The van der Waals surface area contributed by atoms with E-state index in [0.717, 1.165) is 24.3 Å². The SMILES string of the molecule is CC(=O)c1cccc(NC(=O)[C@@H](C)OC(=O)c2ccccc2NS(=O)(=O)c2ccc(F)cc2)c1. The van der Waals surface area contributed by atoms with E-state index in [0.29, 0.717) is 11.3 Å². The minimum absolute atomic E-state index is 0.0707. The first-order chi connectivity index (χ1) is 16.1. The number of carbonyl (C=O) groups is 3. The van der Waals surface area contributed by atoms with Gasteiger partial charge in [0.15, 0.2) is 11.9 Å². The molecule has 0 aromatic heterocycles. The summed E-state index contributed by atoms with van der Waals surface area (Å²) >= 11 is 0. The molecule has 0 heterocycles. The van der Waals surface area contributed by atoms with Crippen LogP contribution in [0.15, 0.2) is 77.7 Å². The number of amides is 1. The smallest absolute Gasteiger partial charge is 0.341 e. The van der Waals surface area contributed by atoms with Gasteiger partial charge in [-0.15, -0.1) is 0 Å². The summed E-state index contributed by atoms with van der Waals surface area (Å²) in [5, 5.41) is 2.56. The zero-order valence-electron chi connectivity index (χ0n) is 18.2. The summed E-state index contributed by atoms with van der Waals surface area (Å²) in [7, 11) is -4.11. The molecule has 0 bridgehead atoms. The number of ketones is 1. The molecule has 10 heteroatoms. The van der Waals surface area contributed by atoms with Crippen molar-refractivity contribution >= 4 is 39.1 Å². The van der Waals surface area contributed by atoms with Crippen LogP contribution in [0, 0.1) is 5.82 Å². The van der Waals surface area contributed by atoms with Crippen LogP contribution in [0.5, 0.6) is 0 Å². The Morgan fingerprint density at radius 1 is 0.941 bits per heavy atom. The van der Waals surface area contributed by atoms with Crippen LogP contribution in [0.4, 0.5) is 15.8 Å². The van der Waals surface area contributed by atoms with Crippen molar-refractivity contribution in [3.05, 3.63) is 89.7 Å². The number of halogens is 1. The van der Waals surface area contributed by atoms with Crippen LogP contribution >= 0.6 is 0 Å². The minimum atomic E-state index is -4.11. The quantitative estimate of drug-likeness (QED) is 0.368. The highest BCUT2D eigenvalue weighted by atomic mass is 32.2. The first kappa shape index (κ1) is 24.6. The lowest BCUT2D eigenvalue weighted by atomic mass is 10.1. The Kier molecular flexibility index (Phi) is 7.42. The van der Waals surface area contributed by atoms with E-state index < -0.39 is 33.8 Å². The van der Waals surface area contributed by atoms with Crippen molar-refractivity contribution in [2.75, 3.05) is 10.0 Å². The monoisotopic (exact) mass is 484 g/mol. The van der Waals surface area contributed by atoms with E-state index in [1.165, 1.54) is 44.2 Å². The topological polar surface area (TPSA) is 119 Å². The van der Waals surface area contributed by atoms with Gasteiger partial charge in [0.2, 0.25) is 0 Å². The molecular weight excluding hydrogens is 463 g/mol. The number of hydrogen-bond acceptors (Lipinski definition) is 6. The molecule has 0 aliphatic rings. The lowest BCUT2D eigenvalue weighted by Gasteiger charge is -2.16. The number of para-hydroxylation sites is 1. The maximum atomic E-state index is 13.1. The van der Waals surface area contributed by atoms with Gasteiger partial charge >= 0.3 is 5.97 Å². The highest BCUT2D eigenvalue weighted by molar-refractivity contribution is 7.92. The minimum Gasteiger partial charge on any atom is -0.449 e. The molecule has 0 aliphatic heterocycles. The van der Waals surface area contributed by atoms with E-state index in [-0.39, 0.29) is 21.9 Å². The predicted molar refractivity (Wildman–Crippen MR) is 124 cm³/mol. The molecule has 2 N–H and O–H groups in total. The fraction of sp³-hybridized carbons (Fsp3) is 0.125. The summed E-state index contributed by atoms with van der Waals surface area (Å²) in [6.45, 7) is 2.75. The number of carbonyl (C=O) groups excluding carboxylic acids is 3. The molecule has 34 heavy (non-hydrogen) atoms. The number of esters is 1. The Balaban J connectivity index is 1.73. The molecule has 0 radical (unpaired) electrons. The zero-order valence-corrected chi connectivity index (χ0v) is 19.1. The van der Waals surface area contributed by atoms with E-state index in [9.17, 15) is 27.2 Å². The van der Waals surface area contributed by atoms with Crippen molar-refractivity contribution in [3.63, 3.8) is 0 Å². The first-order valence-corrected chi connectivity index (χ1v) is 11.6. The summed E-state index contributed by atoms with van der Waals surface area (Å²) in [6.07, 6.45) is -1.23. The summed E-state index contributed by atoms with van der Waals surface area (Å²) in [6, 6.07) is 16.2. The van der Waals surface area contributed by atoms with E-state index in [2.05, 4.69) is 10.0 Å². The number of anilines is 2. The molecule has 0 saturated heterocycles. The normalized spacial score (nSPS) is 11.9. The van der Waals surface area contributed by atoms with Gasteiger partial charge in [-0.05, 0) is 62.4 Å². The van der Waals surface area contributed by atoms with Gasteiger partial charge in [0.1, 0.15) is 5.82 Å². The van der Waals surface area contributed by atoms with Gasteiger partial charge in [0, 0.05) is 11.3 Å². The van der Waals surface area contributed by atoms with Crippen LogP contribution < -0.4 is 10.0 Å². The van der Waals surface area contributed by atoms with E-state index in [4.69, 9.17) is 4.74 Å². The molecule has 1 atom stereocenters. The Hall–Kier alpha value is -4.05. The Morgan fingerprint density at radius 3 is 2.29 bits per heavy atom. The molecule has 0 aliphatic carbocycles. The van der Waals surface area contributed by atoms with Gasteiger partial charge < -0.3 is 10.1 Å². The average Bonchev–Trinajstić information content (AvgIpc) is 2.79. The van der Waals surface area contributed by atoms with Crippen molar-refractivity contribution in [2.24, 2.45) is 0 Å². The van der Waals surface area contributed by atoms with Gasteiger partial charge in [-0.3, -0.25) is 14.3 Å². The summed E-state index contributed by atoms with van der Waals surface area (Å²) in [5.74, 6) is -2.34. The molecule has 3 aromatic rings. The van der Waals surface area contributed by atoms with Crippen molar-refractivity contribution in [1.82, 2.24) is 0 Å². The van der Waals surface area contributed by atoms with Crippen LogP contribution in [0.2, 0.25) is 0 Å². The van der Waals surface area contributed by atoms with E-state index >= 15 is 0 Å². The maximum Gasteiger partial charge on any atom is 0.341 e. The van der Waals surface area contributed by atoms with Gasteiger partial charge in [-0.2, -0.15) is 0 Å². The van der Waals surface area contributed by atoms with Crippen LogP contribution in [0.3, 0.4) is 0 Å². The average molecular weight is 485 g/mol. The number of Topliss-reactive ketones (excluding diaryl/α,β-unsaturated/α-hetero) is 1. The van der Waals surface area contributed by atoms with Crippen LogP contribution in [0.25, 0.3) is 0 Å². The van der Waals surface area contributed by atoms with Gasteiger partial charge in [-0.25, -0.2) is 17.6 Å². The third-order valence-corrected chi connectivity index (χ3v) is 6.09. The standard InChI is InChI=1S/C24H21FN2O6S/c1-15(28)17-6-5-7-19(14-17)26-23(29)16(2)33-24(30)21-8-3-4-9-22(21)27-34(31,32)20-12-10-18(25)11-13-20/h3-14,16,27H,1-2H3,(H,26,29)/t16-/m1/s1. The molecule has 8 nitrogen and oxygen atoms in total. The van der Waals surface area contributed by atoms with Crippen LogP contribution in [-0.2, 0) is 19.6 Å². The highest BCUT2D eigenvalue weighted by Gasteiger charge is 2.23. The molecule has 0 saturated carbocycles. The number of sulfonamides is 1. The third-order valence-electron chi connectivity index (χ3n) is 4.70. The number of rotatable bonds is 8. The molecule has 176 valence electrons. The highest BCUT2D eigenvalue weighted by Crippen LogP contribution is 2.22. The van der Waals surface area contributed by atoms with E-state index in [1.54, 1.807) is 18.2 Å². The second kappa shape index (κ2) is 10.3. The number of nitrogens with one attached hydrogen (secondary N) is 2. The van der Waals surface area contributed by atoms with Crippen molar-refractivity contribution in [2.45, 2.75) is 24.8 Å².